The number of likely N-dealkylation sites (tertiary alicyclic amines) is 1. The van der Waals surface area contributed by atoms with Crippen molar-refractivity contribution in [3.8, 4) is 11.3 Å². The smallest absolute Gasteiger partial charge is 0.226 e. The number of rotatable bonds is 8. The molecule has 6 heteroatoms. The van der Waals surface area contributed by atoms with Crippen LogP contribution in [0.4, 0.5) is 0 Å². The number of nitrogens with zero attached hydrogens (tertiary/aromatic N) is 2. The van der Waals surface area contributed by atoms with Crippen LogP contribution in [0.2, 0.25) is 0 Å². The molecule has 0 unspecified atom stereocenters. The molecule has 0 aliphatic carbocycles. The van der Waals surface area contributed by atoms with Gasteiger partial charge in [-0.3, -0.25) is 14.6 Å². The molecule has 0 bridgehead atoms. The van der Waals surface area contributed by atoms with E-state index in [2.05, 4.69) is 4.98 Å². The number of pyridine rings is 1. The number of carbonyl (C=O) groups is 3. The monoisotopic (exact) mass is 408 g/mol. The van der Waals surface area contributed by atoms with Crippen molar-refractivity contribution in [2.24, 2.45) is 5.92 Å². The van der Waals surface area contributed by atoms with Gasteiger partial charge in [-0.05, 0) is 25.0 Å². The Kier molecular flexibility index (Phi) is 7.11. The zero-order valence-corrected chi connectivity index (χ0v) is 17.5. The minimum atomic E-state index is -0.709. The van der Waals surface area contributed by atoms with Gasteiger partial charge in [0.1, 0.15) is 5.78 Å². The SMILES string of the molecule is CC(=O)C[C@@H](C)C(=O)N1C[C@H](O)C[C@H]1C(=O)CCc1ccc(-c2ccccc2)nc1. The van der Waals surface area contributed by atoms with Crippen LogP contribution in [0.15, 0.2) is 48.7 Å². The highest BCUT2D eigenvalue weighted by molar-refractivity contribution is 5.92. The van der Waals surface area contributed by atoms with Gasteiger partial charge in [0.25, 0.3) is 0 Å². The number of hydrogen-bond acceptors (Lipinski definition) is 5. The summed E-state index contributed by atoms with van der Waals surface area (Å²) in [6.07, 6.45) is 2.26. The topological polar surface area (TPSA) is 87.6 Å². The van der Waals surface area contributed by atoms with Gasteiger partial charge in [0.05, 0.1) is 17.8 Å². The van der Waals surface area contributed by atoms with Gasteiger partial charge >= 0.3 is 0 Å². The van der Waals surface area contributed by atoms with Crippen LogP contribution in [0, 0.1) is 5.92 Å². The second kappa shape index (κ2) is 9.76. The molecule has 1 aliphatic rings. The second-order valence-corrected chi connectivity index (χ2v) is 8.09. The molecule has 2 heterocycles. The van der Waals surface area contributed by atoms with E-state index in [1.165, 1.54) is 11.8 Å². The highest BCUT2D eigenvalue weighted by Crippen LogP contribution is 2.24. The Morgan fingerprint density at radius 2 is 1.90 bits per heavy atom. The zero-order chi connectivity index (χ0) is 21.7. The molecule has 1 fully saturated rings. The van der Waals surface area contributed by atoms with Crippen molar-refractivity contribution in [3.63, 3.8) is 0 Å². The number of hydrogen-bond donors (Lipinski definition) is 1. The summed E-state index contributed by atoms with van der Waals surface area (Å²) in [6.45, 7) is 3.28. The number of aliphatic hydroxyl groups is 1. The van der Waals surface area contributed by atoms with Gasteiger partial charge in [-0.1, -0.05) is 43.3 Å². The number of aliphatic hydroxyl groups excluding tert-OH is 1. The molecule has 1 aromatic carbocycles. The highest BCUT2D eigenvalue weighted by atomic mass is 16.3. The molecule has 1 saturated heterocycles. The number of Topliss-reactive ketones (excluding diaryl/α,β-unsaturated/α-hetero) is 2. The predicted molar refractivity (Wildman–Crippen MR) is 114 cm³/mol. The summed E-state index contributed by atoms with van der Waals surface area (Å²) >= 11 is 0. The molecule has 158 valence electrons. The molecular formula is C24H28N2O4. The Morgan fingerprint density at radius 1 is 1.17 bits per heavy atom. The lowest BCUT2D eigenvalue weighted by molar-refractivity contribution is -0.141. The van der Waals surface area contributed by atoms with E-state index in [0.717, 1.165) is 16.8 Å². The highest BCUT2D eigenvalue weighted by Gasteiger charge is 2.39. The molecule has 3 rings (SSSR count). The molecule has 0 radical (unpaired) electrons. The van der Waals surface area contributed by atoms with Crippen LogP contribution in [0.5, 0.6) is 0 Å². The molecular weight excluding hydrogens is 380 g/mol. The predicted octanol–water partition coefficient (Wildman–Crippen LogP) is 2.83. The molecule has 1 amide bonds. The maximum Gasteiger partial charge on any atom is 0.226 e. The second-order valence-electron chi connectivity index (χ2n) is 8.09. The fourth-order valence-corrected chi connectivity index (χ4v) is 3.95. The van der Waals surface area contributed by atoms with E-state index >= 15 is 0 Å². The van der Waals surface area contributed by atoms with Crippen LogP contribution in [0.1, 0.15) is 38.7 Å². The molecule has 30 heavy (non-hydrogen) atoms. The van der Waals surface area contributed by atoms with E-state index in [4.69, 9.17) is 0 Å². The van der Waals surface area contributed by atoms with E-state index < -0.39 is 18.1 Å². The quantitative estimate of drug-likeness (QED) is 0.726. The van der Waals surface area contributed by atoms with E-state index in [1.807, 2.05) is 42.5 Å². The van der Waals surface area contributed by atoms with Crippen molar-refractivity contribution in [1.82, 2.24) is 9.88 Å². The normalized spacial score (nSPS) is 19.5. The Bertz CT molecular complexity index is 895. The van der Waals surface area contributed by atoms with Crippen LogP contribution < -0.4 is 0 Å². The van der Waals surface area contributed by atoms with Crippen molar-refractivity contribution >= 4 is 17.5 Å². The lowest BCUT2D eigenvalue weighted by Gasteiger charge is -2.26. The summed E-state index contributed by atoms with van der Waals surface area (Å²) in [7, 11) is 0. The van der Waals surface area contributed by atoms with Gasteiger partial charge < -0.3 is 14.8 Å². The summed E-state index contributed by atoms with van der Waals surface area (Å²) in [5.74, 6) is -0.862. The number of aryl methyl sites for hydroxylation is 1. The molecule has 2 aromatic rings. The van der Waals surface area contributed by atoms with Crippen molar-refractivity contribution < 1.29 is 19.5 Å². The fourth-order valence-electron chi connectivity index (χ4n) is 3.95. The first kappa shape index (κ1) is 21.8. The molecule has 0 spiro atoms. The maximum atomic E-state index is 12.8. The van der Waals surface area contributed by atoms with E-state index in [0.29, 0.717) is 6.42 Å². The van der Waals surface area contributed by atoms with Gasteiger partial charge in [-0.15, -0.1) is 0 Å². The summed E-state index contributed by atoms with van der Waals surface area (Å²) in [5, 5.41) is 10.0. The minimum Gasteiger partial charge on any atom is -0.391 e. The molecule has 1 aliphatic heterocycles. The largest absolute Gasteiger partial charge is 0.391 e. The first-order valence-corrected chi connectivity index (χ1v) is 10.4. The zero-order valence-electron chi connectivity index (χ0n) is 17.5. The van der Waals surface area contributed by atoms with Crippen molar-refractivity contribution in [2.75, 3.05) is 6.54 Å². The van der Waals surface area contributed by atoms with Crippen molar-refractivity contribution in [1.29, 1.82) is 0 Å². The summed E-state index contributed by atoms with van der Waals surface area (Å²) in [6, 6.07) is 13.1. The Balaban J connectivity index is 1.60. The molecule has 1 N–H and O–H groups in total. The summed E-state index contributed by atoms with van der Waals surface area (Å²) < 4.78 is 0. The van der Waals surface area contributed by atoms with Crippen molar-refractivity contribution in [2.45, 2.75) is 51.7 Å². The number of benzene rings is 1. The first-order valence-electron chi connectivity index (χ1n) is 10.4. The molecule has 1 aromatic heterocycles. The maximum absolute atomic E-state index is 12.8. The van der Waals surface area contributed by atoms with Crippen molar-refractivity contribution in [3.05, 3.63) is 54.2 Å². The van der Waals surface area contributed by atoms with Gasteiger partial charge in [0, 0.05) is 43.5 Å². The third-order valence-corrected chi connectivity index (χ3v) is 5.50. The molecule has 3 atom stereocenters. The Labute approximate surface area is 176 Å². The Morgan fingerprint density at radius 3 is 2.53 bits per heavy atom. The third kappa shape index (κ3) is 5.39. The van der Waals surface area contributed by atoms with Gasteiger partial charge in [-0.25, -0.2) is 0 Å². The number of β-amino-alcohol motifs (C(OH)–C–C–N with tert-alkyl or cyclic N) is 1. The Hall–Kier alpha value is -2.86. The average Bonchev–Trinajstić information content (AvgIpc) is 3.13. The number of ketones is 2. The van der Waals surface area contributed by atoms with Gasteiger partial charge in [0.2, 0.25) is 5.91 Å². The third-order valence-electron chi connectivity index (χ3n) is 5.50. The minimum absolute atomic E-state index is 0.0649. The van der Waals surface area contributed by atoms with Crippen LogP contribution in [0.25, 0.3) is 11.3 Å². The summed E-state index contributed by atoms with van der Waals surface area (Å²) in [4.78, 5) is 42.8. The van der Waals surface area contributed by atoms with Crippen LogP contribution >= 0.6 is 0 Å². The van der Waals surface area contributed by atoms with Crippen LogP contribution in [-0.2, 0) is 20.8 Å². The van der Waals surface area contributed by atoms with Gasteiger partial charge in [-0.2, -0.15) is 0 Å². The number of amides is 1. The number of aromatic nitrogens is 1. The lowest BCUT2D eigenvalue weighted by atomic mass is 9.99. The standard InChI is InChI=1S/C24H28N2O4/c1-16(12-17(2)27)24(30)26-15-20(28)13-22(26)23(29)11-9-18-8-10-21(25-14-18)19-6-4-3-5-7-19/h3-8,10,14,16,20,22,28H,9,11-13,15H2,1-2H3/t16-,20-,22+/m1/s1. The van der Waals surface area contributed by atoms with Gasteiger partial charge in [0.15, 0.2) is 5.78 Å². The average molecular weight is 408 g/mol. The fraction of sp³-hybridized carbons (Fsp3) is 0.417. The molecule has 0 saturated carbocycles. The molecule has 6 nitrogen and oxygen atoms in total. The van der Waals surface area contributed by atoms with Crippen LogP contribution in [0.3, 0.4) is 0 Å². The van der Waals surface area contributed by atoms with E-state index in [9.17, 15) is 19.5 Å². The van der Waals surface area contributed by atoms with E-state index in [1.54, 1.807) is 13.1 Å². The first-order chi connectivity index (χ1) is 14.3. The summed E-state index contributed by atoms with van der Waals surface area (Å²) in [5.41, 5.74) is 2.86. The lowest BCUT2D eigenvalue weighted by Crippen LogP contribution is -2.43. The van der Waals surface area contributed by atoms with Crippen LogP contribution in [-0.4, -0.2) is 51.2 Å². The van der Waals surface area contributed by atoms with E-state index in [-0.39, 0.29) is 43.3 Å². The number of carbonyl (C=O) groups excluding carboxylic acids is 3.